The van der Waals surface area contributed by atoms with Crippen molar-refractivity contribution in [2.75, 3.05) is 49.2 Å². The number of carbonyl (C=O) groups excluding carboxylic acids is 2. The number of amides is 3. The topological polar surface area (TPSA) is 186 Å². The van der Waals surface area contributed by atoms with Gasteiger partial charge in [-0.3, -0.25) is 14.4 Å². The molecule has 3 aromatic carbocycles. The number of sulfone groups is 2. The molecule has 3 amide bonds. The summed E-state index contributed by atoms with van der Waals surface area (Å²) in [5, 5.41) is 12.2. The smallest absolute Gasteiger partial charge is 0.481 e. The maximum Gasteiger partial charge on any atom is 0.515 e. The van der Waals surface area contributed by atoms with Gasteiger partial charge in [0.2, 0.25) is 16.9 Å². The highest BCUT2D eigenvalue weighted by atomic mass is 32.2. The maximum atomic E-state index is 14.8. The van der Waals surface area contributed by atoms with Crippen LogP contribution in [0.25, 0.3) is 10.3 Å². The first-order valence-electron chi connectivity index (χ1n) is 16.5. The van der Waals surface area contributed by atoms with Crippen LogP contribution < -0.4 is 24.9 Å². The number of anilines is 2. The van der Waals surface area contributed by atoms with Crippen molar-refractivity contribution in [3.63, 3.8) is 0 Å². The van der Waals surface area contributed by atoms with E-state index < -0.39 is 38.2 Å². The molecule has 15 nitrogen and oxygen atoms in total. The molecule has 2 aliphatic rings. The second kappa shape index (κ2) is 14.0. The Morgan fingerprint density at radius 2 is 1.54 bits per heavy atom. The van der Waals surface area contributed by atoms with Gasteiger partial charge in [-0.15, -0.1) is 0 Å². The SMILES string of the molecule is COc1ccc2nc(N(OB(O)c3ccc(S(C)(=O)=O)cc3)C(=O)N3CC4(CCN(C(C)=O)C4)c4cc(Oc5ccc(S(C)(=O)=O)cc5)ccc43)sc2n1. The lowest BCUT2D eigenvalue weighted by Crippen LogP contribution is -2.50. The summed E-state index contributed by atoms with van der Waals surface area (Å²) in [5.41, 5.74) is 1.20. The van der Waals surface area contributed by atoms with Gasteiger partial charge in [-0.25, -0.2) is 31.6 Å². The molecule has 1 spiro atoms. The molecule has 0 saturated carbocycles. The van der Waals surface area contributed by atoms with E-state index >= 15 is 0 Å². The number of rotatable bonds is 9. The molecule has 2 aromatic heterocycles. The molecule has 5 aromatic rings. The van der Waals surface area contributed by atoms with Crippen molar-refractivity contribution in [2.45, 2.75) is 28.6 Å². The summed E-state index contributed by atoms with van der Waals surface area (Å²) in [7, 11) is -7.16. The number of thiazole rings is 1. The van der Waals surface area contributed by atoms with Crippen molar-refractivity contribution >= 4 is 76.7 Å². The van der Waals surface area contributed by atoms with E-state index in [1.165, 1.54) is 55.3 Å². The second-order valence-corrected chi connectivity index (χ2v) is 18.1. The van der Waals surface area contributed by atoms with Crippen molar-refractivity contribution in [2.24, 2.45) is 0 Å². The number of aromatic nitrogens is 2. The van der Waals surface area contributed by atoms with E-state index in [9.17, 15) is 31.4 Å². The largest absolute Gasteiger partial charge is 0.515 e. The quantitative estimate of drug-likeness (QED) is 0.169. The zero-order valence-corrected chi connectivity index (χ0v) is 31.9. The summed E-state index contributed by atoms with van der Waals surface area (Å²) >= 11 is 1.03. The van der Waals surface area contributed by atoms with Crippen molar-refractivity contribution in [3.05, 3.63) is 84.4 Å². The summed E-state index contributed by atoms with van der Waals surface area (Å²) in [5.74, 6) is 1.06. The second-order valence-electron chi connectivity index (χ2n) is 13.1. The Balaban J connectivity index is 1.26. The van der Waals surface area contributed by atoms with Crippen LogP contribution in [0, 0.1) is 0 Å². The van der Waals surface area contributed by atoms with Gasteiger partial charge in [0.15, 0.2) is 19.7 Å². The van der Waals surface area contributed by atoms with Gasteiger partial charge in [0, 0.05) is 56.2 Å². The fraction of sp³-hybridized carbons (Fsp3) is 0.257. The number of hydroxylamine groups is 1. The number of methoxy groups -OCH3 is 1. The highest BCUT2D eigenvalue weighted by Crippen LogP contribution is 2.49. The van der Waals surface area contributed by atoms with Crippen LogP contribution in [-0.2, 0) is 34.6 Å². The highest BCUT2D eigenvalue weighted by molar-refractivity contribution is 7.91. The summed E-state index contributed by atoms with van der Waals surface area (Å²) < 4.78 is 65.4. The number of fused-ring (bicyclic) bond motifs is 3. The predicted molar refractivity (Wildman–Crippen MR) is 202 cm³/mol. The summed E-state index contributed by atoms with van der Waals surface area (Å²) in [4.78, 5) is 40.2. The third kappa shape index (κ3) is 7.24. The van der Waals surface area contributed by atoms with Crippen LogP contribution in [0.4, 0.5) is 15.6 Å². The number of hydrogen-bond acceptors (Lipinski definition) is 13. The Morgan fingerprint density at radius 3 is 2.15 bits per heavy atom. The monoisotopic (exact) mass is 791 g/mol. The molecule has 2 aliphatic heterocycles. The van der Waals surface area contributed by atoms with Gasteiger partial charge >= 0.3 is 13.1 Å². The number of pyridine rings is 1. The van der Waals surface area contributed by atoms with Gasteiger partial charge in [0.25, 0.3) is 0 Å². The molecule has 4 heterocycles. The fourth-order valence-corrected chi connectivity index (χ4v) is 8.71. The van der Waals surface area contributed by atoms with Crippen LogP contribution in [-0.4, -0.2) is 95.0 Å². The van der Waals surface area contributed by atoms with Crippen LogP contribution >= 0.6 is 11.3 Å². The molecule has 0 aliphatic carbocycles. The first kappa shape index (κ1) is 37.2. The maximum absolute atomic E-state index is 14.8. The van der Waals surface area contributed by atoms with Gasteiger partial charge in [0.05, 0.1) is 16.9 Å². The molecule has 7 rings (SSSR count). The normalized spacial score (nSPS) is 16.8. The van der Waals surface area contributed by atoms with Crippen LogP contribution in [0.1, 0.15) is 18.9 Å². The number of benzene rings is 3. The molecule has 54 heavy (non-hydrogen) atoms. The van der Waals surface area contributed by atoms with E-state index in [-0.39, 0.29) is 32.8 Å². The zero-order chi connectivity index (χ0) is 38.6. The third-order valence-electron chi connectivity index (χ3n) is 9.38. The minimum Gasteiger partial charge on any atom is -0.481 e. The lowest BCUT2D eigenvalue weighted by molar-refractivity contribution is -0.127. The van der Waals surface area contributed by atoms with E-state index in [2.05, 4.69) is 9.97 Å². The van der Waals surface area contributed by atoms with Crippen LogP contribution in [0.3, 0.4) is 0 Å². The molecule has 1 atom stereocenters. The third-order valence-corrected chi connectivity index (χ3v) is 12.6. The molecule has 1 N–H and O–H groups in total. The standard InChI is InChI=1S/C35H34BN5O10S3/c1-22(42)39-18-17-35(20-39)21-40(30-15-9-25(19-28(30)35)50-24-7-12-27(13-8-24)54(4,47)48)34(43)41(33-37-29-14-16-31(49-2)38-32(29)52-33)51-36(44)23-5-10-26(11-6-23)53(3,45)46/h5-16,19,44H,17-18,20-21H2,1-4H3. The number of nitrogens with zero attached hydrogens (tertiary/aromatic N) is 5. The molecule has 280 valence electrons. The number of urea groups is 1. The Hall–Kier alpha value is -5.08. The van der Waals surface area contributed by atoms with Gasteiger partial charge in [-0.05, 0) is 78.1 Å². The molecule has 1 fully saturated rings. The fourth-order valence-electron chi connectivity index (χ4n) is 6.57. The van der Waals surface area contributed by atoms with E-state index in [0.29, 0.717) is 52.9 Å². The van der Waals surface area contributed by atoms with E-state index in [1.807, 2.05) is 6.07 Å². The molecule has 1 unspecified atom stereocenters. The minimum absolute atomic E-state index is 0.0435. The molecule has 0 bridgehead atoms. The molecule has 1 saturated heterocycles. The Kier molecular flexibility index (Phi) is 9.63. The van der Waals surface area contributed by atoms with E-state index in [1.54, 1.807) is 41.3 Å². The Bertz CT molecular complexity index is 2500. The average molecular weight is 792 g/mol. The average Bonchev–Trinajstić information content (AvgIpc) is 3.85. The summed E-state index contributed by atoms with van der Waals surface area (Å²) in [6, 6.07) is 19.3. The molecular weight excluding hydrogens is 757 g/mol. The van der Waals surface area contributed by atoms with Gasteiger partial charge in [-0.2, -0.15) is 5.06 Å². The van der Waals surface area contributed by atoms with Gasteiger partial charge < -0.3 is 19.4 Å². The Labute approximate surface area is 315 Å². The Morgan fingerprint density at radius 1 is 0.889 bits per heavy atom. The van der Waals surface area contributed by atoms with Crippen molar-refractivity contribution < 1.29 is 45.7 Å². The molecule has 0 radical (unpaired) electrons. The van der Waals surface area contributed by atoms with Crippen LogP contribution in [0.15, 0.2) is 88.7 Å². The summed E-state index contributed by atoms with van der Waals surface area (Å²) in [6.07, 6.45) is 2.73. The van der Waals surface area contributed by atoms with Crippen molar-refractivity contribution in [3.8, 4) is 17.4 Å². The zero-order valence-electron chi connectivity index (χ0n) is 29.5. The van der Waals surface area contributed by atoms with E-state index in [0.717, 1.165) is 34.5 Å². The number of carbonyl (C=O) groups is 2. The first-order valence-corrected chi connectivity index (χ1v) is 21.1. The molecule has 19 heteroatoms. The minimum atomic E-state index is -3.51. The van der Waals surface area contributed by atoms with Crippen LogP contribution in [0.2, 0.25) is 0 Å². The molecular formula is C35H34BN5O10S3. The lowest BCUT2D eigenvalue weighted by Gasteiger charge is -2.29. The van der Waals surface area contributed by atoms with Gasteiger partial charge in [0.1, 0.15) is 21.8 Å². The van der Waals surface area contributed by atoms with Crippen LogP contribution in [0.5, 0.6) is 17.4 Å². The number of likely N-dealkylation sites (tertiary alicyclic amines) is 1. The van der Waals surface area contributed by atoms with Crippen molar-refractivity contribution in [1.29, 1.82) is 0 Å². The number of ether oxygens (including phenoxy) is 2. The number of hydrogen-bond donors (Lipinski definition) is 1. The first-order chi connectivity index (χ1) is 25.5. The highest BCUT2D eigenvalue weighted by Gasteiger charge is 2.51. The van der Waals surface area contributed by atoms with Gasteiger partial charge in [-0.1, -0.05) is 23.5 Å². The predicted octanol–water partition coefficient (Wildman–Crippen LogP) is 3.56. The van der Waals surface area contributed by atoms with Crippen molar-refractivity contribution in [1.82, 2.24) is 14.9 Å². The lowest BCUT2D eigenvalue weighted by atomic mass is 9.80. The summed E-state index contributed by atoms with van der Waals surface area (Å²) in [6.45, 7) is 2.43. The van der Waals surface area contributed by atoms with E-state index in [4.69, 9.17) is 14.2 Å².